The van der Waals surface area contributed by atoms with E-state index in [-0.39, 0.29) is 5.91 Å². The van der Waals surface area contributed by atoms with Crippen molar-refractivity contribution in [3.05, 3.63) is 82.3 Å². The summed E-state index contributed by atoms with van der Waals surface area (Å²) in [7, 11) is 0. The maximum atomic E-state index is 12.3. The quantitative estimate of drug-likeness (QED) is 0.296. The molecule has 0 spiro atoms. The van der Waals surface area contributed by atoms with Crippen LogP contribution in [0.1, 0.15) is 15.9 Å². The fourth-order valence-corrected chi connectivity index (χ4v) is 4.66. The fraction of sp³-hybridized carbons (Fsp3) is 0.0500. The van der Waals surface area contributed by atoms with Crippen molar-refractivity contribution in [3.63, 3.8) is 0 Å². The van der Waals surface area contributed by atoms with E-state index in [4.69, 9.17) is 0 Å². The molecule has 0 unspecified atom stereocenters. The first kappa shape index (κ1) is 18.2. The Balaban J connectivity index is 1.42. The molecule has 1 amide bonds. The summed E-state index contributed by atoms with van der Waals surface area (Å²) < 4.78 is 1.76. The predicted octanol–water partition coefficient (Wildman–Crippen LogP) is 6.00. The zero-order valence-electron chi connectivity index (χ0n) is 14.1. The van der Waals surface area contributed by atoms with Crippen molar-refractivity contribution in [2.24, 2.45) is 0 Å². The lowest BCUT2D eigenvalue weighted by Gasteiger charge is -2.04. The average Bonchev–Trinajstić information content (AvgIpc) is 3.14. The molecule has 1 N–H and O–H groups in total. The Morgan fingerprint density at radius 1 is 1.00 bits per heavy atom. The van der Waals surface area contributed by atoms with Gasteiger partial charge in [0.25, 0.3) is 5.91 Å². The van der Waals surface area contributed by atoms with Crippen LogP contribution in [0.2, 0.25) is 0 Å². The first-order chi connectivity index (χ1) is 13.2. The second kappa shape index (κ2) is 8.21. The Morgan fingerprint density at radius 3 is 2.63 bits per heavy atom. The maximum Gasteiger partial charge on any atom is 0.257 e. The van der Waals surface area contributed by atoms with Crippen LogP contribution in [0.3, 0.4) is 0 Å². The summed E-state index contributed by atoms with van der Waals surface area (Å²) in [6, 6.07) is 21.9. The Labute approximate surface area is 173 Å². The number of benzene rings is 3. The van der Waals surface area contributed by atoms with E-state index in [1.54, 1.807) is 23.9 Å². The maximum absolute atomic E-state index is 12.3. The van der Waals surface area contributed by atoms with Gasteiger partial charge in [-0.15, -0.1) is 10.2 Å². The van der Waals surface area contributed by atoms with Crippen molar-refractivity contribution >= 4 is 60.8 Å². The van der Waals surface area contributed by atoms with Gasteiger partial charge in [0.15, 0.2) is 4.34 Å². The van der Waals surface area contributed by atoms with Gasteiger partial charge in [0.05, 0.1) is 0 Å². The van der Waals surface area contributed by atoms with Gasteiger partial charge in [-0.3, -0.25) is 10.1 Å². The molecule has 0 bridgehead atoms. The molecule has 27 heavy (non-hydrogen) atoms. The van der Waals surface area contributed by atoms with Gasteiger partial charge < -0.3 is 0 Å². The summed E-state index contributed by atoms with van der Waals surface area (Å²) in [4.78, 5) is 12.3. The van der Waals surface area contributed by atoms with Crippen LogP contribution in [0, 0.1) is 0 Å². The number of carbonyl (C=O) groups excluding carboxylic acids is 1. The molecule has 4 aromatic rings. The third kappa shape index (κ3) is 4.37. The van der Waals surface area contributed by atoms with Gasteiger partial charge in [-0.25, -0.2) is 0 Å². The summed E-state index contributed by atoms with van der Waals surface area (Å²) in [5, 5.41) is 14.1. The number of rotatable bonds is 5. The molecule has 4 nitrogen and oxygen atoms in total. The van der Waals surface area contributed by atoms with Gasteiger partial charge in [0.2, 0.25) is 5.13 Å². The van der Waals surface area contributed by atoms with Crippen LogP contribution in [0.15, 0.2) is 75.5 Å². The molecule has 0 atom stereocenters. The highest BCUT2D eigenvalue weighted by atomic mass is 79.9. The molecule has 0 aliphatic heterocycles. The van der Waals surface area contributed by atoms with E-state index in [1.807, 2.05) is 18.2 Å². The molecular formula is C20H14BrN3OS2. The molecule has 3 aromatic carbocycles. The second-order valence-electron chi connectivity index (χ2n) is 5.76. The van der Waals surface area contributed by atoms with E-state index in [9.17, 15) is 4.79 Å². The number of nitrogens with one attached hydrogen (secondary N) is 1. The van der Waals surface area contributed by atoms with Gasteiger partial charge in [0, 0.05) is 15.8 Å². The number of aromatic nitrogens is 2. The van der Waals surface area contributed by atoms with E-state index in [2.05, 4.69) is 67.8 Å². The van der Waals surface area contributed by atoms with Gasteiger partial charge >= 0.3 is 0 Å². The molecule has 0 saturated carbocycles. The predicted molar refractivity (Wildman–Crippen MR) is 116 cm³/mol. The minimum Gasteiger partial charge on any atom is -0.296 e. The molecule has 1 heterocycles. The molecule has 0 saturated heterocycles. The van der Waals surface area contributed by atoms with Gasteiger partial charge in [0.1, 0.15) is 0 Å². The smallest absolute Gasteiger partial charge is 0.257 e. The number of halogens is 1. The van der Waals surface area contributed by atoms with Crippen molar-refractivity contribution in [2.45, 2.75) is 10.1 Å². The van der Waals surface area contributed by atoms with E-state index >= 15 is 0 Å². The number of thioether (sulfide) groups is 1. The lowest BCUT2D eigenvalue weighted by atomic mass is 10.1. The third-order valence-electron chi connectivity index (χ3n) is 3.96. The number of carbonyl (C=O) groups is 1. The molecular weight excluding hydrogens is 442 g/mol. The van der Waals surface area contributed by atoms with Crippen LogP contribution in [0.5, 0.6) is 0 Å². The summed E-state index contributed by atoms with van der Waals surface area (Å²) in [5.41, 5.74) is 1.84. The standard InChI is InChI=1S/C20H14BrN3OS2/c21-16-10-8-14(9-11-16)18(25)22-19-23-24-20(27-19)26-12-15-6-3-5-13-4-1-2-7-17(13)15/h1-11H,12H2,(H,22,23,25). The van der Waals surface area contributed by atoms with E-state index in [1.165, 1.54) is 27.7 Å². The fourth-order valence-electron chi connectivity index (χ4n) is 2.65. The van der Waals surface area contributed by atoms with E-state index in [0.717, 1.165) is 14.6 Å². The molecule has 0 fully saturated rings. The first-order valence-corrected chi connectivity index (χ1v) is 10.8. The molecule has 134 valence electrons. The number of fused-ring (bicyclic) bond motifs is 1. The summed E-state index contributed by atoms with van der Waals surface area (Å²) in [6.45, 7) is 0. The molecule has 0 radical (unpaired) electrons. The van der Waals surface area contributed by atoms with Crippen LogP contribution >= 0.6 is 39.0 Å². The number of anilines is 1. The Bertz CT molecular complexity index is 1090. The summed E-state index contributed by atoms with van der Waals surface area (Å²) >= 11 is 6.37. The molecule has 4 rings (SSSR count). The highest BCUT2D eigenvalue weighted by Gasteiger charge is 2.11. The van der Waals surface area contributed by atoms with Gasteiger partial charge in [-0.1, -0.05) is 81.5 Å². The molecule has 1 aromatic heterocycles. The highest BCUT2D eigenvalue weighted by molar-refractivity contribution is 9.10. The van der Waals surface area contributed by atoms with Crippen molar-refractivity contribution in [1.82, 2.24) is 10.2 Å². The van der Waals surface area contributed by atoms with Crippen molar-refractivity contribution < 1.29 is 4.79 Å². The Kier molecular flexibility index (Phi) is 5.52. The number of nitrogens with zero attached hydrogens (tertiary/aromatic N) is 2. The van der Waals surface area contributed by atoms with Crippen molar-refractivity contribution in [3.8, 4) is 0 Å². The van der Waals surface area contributed by atoms with Crippen molar-refractivity contribution in [1.29, 1.82) is 0 Å². The van der Waals surface area contributed by atoms with Crippen LogP contribution in [-0.4, -0.2) is 16.1 Å². The lowest BCUT2D eigenvalue weighted by Crippen LogP contribution is -2.11. The number of hydrogen-bond donors (Lipinski definition) is 1. The highest BCUT2D eigenvalue weighted by Crippen LogP contribution is 2.31. The van der Waals surface area contributed by atoms with Gasteiger partial charge in [-0.05, 0) is 40.6 Å². The van der Waals surface area contributed by atoms with Crippen LogP contribution < -0.4 is 5.32 Å². The van der Waals surface area contributed by atoms with E-state index in [0.29, 0.717) is 10.7 Å². The minimum atomic E-state index is -0.191. The largest absolute Gasteiger partial charge is 0.296 e. The molecule has 0 aliphatic carbocycles. The molecule has 0 aliphatic rings. The number of hydrogen-bond acceptors (Lipinski definition) is 5. The Morgan fingerprint density at radius 2 is 1.78 bits per heavy atom. The second-order valence-corrected chi connectivity index (χ2v) is 8.88. The van der Waals surface area contributed by atoms with Gasteiger partial charge in [-0.2, -0.15) is 0 Å². The SMILES string of the molecule is O=C(Nc1nnc(SCc2cccc3ccccc23)s1)c1ccc(Br)cc1. The van der Waals surface area contributed by atoms with Crippen LogP contribution in [0.25, 0.3) is 10.8 Å². The van der Waals surface area contributed by atoms with E-state index < -0.39 is 0 Å². The van der Waals surface area contributed by atoms with Crippen LogP contribution in [-0.2, 0) is 5.75 Å². The van der Waals surface area contributed by atoms with Crippen molar-refractivity contribution in [2.75, 3.05) is 5.32 Å². The monoisotopic (exact) mass is 455 g/mol. The minimum absolute atomic E-state index is 0.191. The average molecular weight is 456 g/mol. The number of amides is 1. The van der Waals surface area contributed by atoms with Crippen LogP contribution in [0.4, 0.5) is 5.13 Å². The first-order valence-electron chi connectivity index (χ1n) is 8.19. The normalized spacial score (nSPS) is 10.9. The zero-order chi connectivity index (χ0) is 18.6. The topological polar surface area (TPSA) is 54.9 Å². The Hall–Kier alpha value is -2.22. The lowest BCUT2D eigenvalue weighted by molar-refractivity contribution is 0.102. The summed E-state index contributed by atoms with van der Waals surface area (Å²) in [5.74, 6) is 0.612. The summed E-state index contributed by atoms with van der Waals surface area (Å²) in [6.07, 6.45) is 0. The molecule has 7 heteroatoms. The zero-order valence-corrected chi connectivity index (χ0v) is 17.3. The third-order valence-corrected chi connectivity index (χ3v) is 6.51.